The molecule has 32 heavy (non-hydrogen) atoms. The lowest BCUT2D eigenvalue weighted by molar-refractivity contribution is 0.0375. The molecule has 0 bridgehead atoms. The number of hydrogen-bond donors (Lipinski definition) is 0. The summed E-state index contributed by atoms with van der Waals surface area (Å²) in [5.41, 5.74) is 3.03. The molecule has 1 aromatic carbocycles. The maximum Gasteiger partial charge on any atom is 0.258 e. The summed E-state index contributed by atoms with van der Waals surface area (Å²) >= 11 is 0. The number of imidazole rings is 1. The number of rotatable bonds is 5. The van der Waals surface area contributed by atoms with E-state index >= 15 is 0 Å². The summed E-state index contributed by atoms with van der Waals surface area (Å²) in [7, 11) is 0. The number of ether oxygens (including phenoxy) is 1. The minimum Gasteiger partial charge on any atom is -0.470 e. The number of benzene rings is 1. The molecule has 1 fully saturated rings. The fraction of sp³-hybridized carbons (Fsp3) is 0.348. The highest BCUT2D eigenvalue weighted by Crippen LogP contribution is 2.26. The lowest BCUT2D eigenvalue weighted by atomic mass is 9.99. The Balaban J connectivity index is 1.39. The number of aryl methyl sites for hydroxylation is 1. The highest BCUT2D eigenvalue weighted by Gasteiger charge is 2.32. The summed E-state index contributed by atoms with van der Waals surface area (Å²) < 4.78 is 8.28. The van der Waals surface area contributed by atoms with Crippen molar-refractivity contribution in [2.24, 2.45) is 0 Å². The van der Waals surface area contributed by atoms with Crippen molar-refractivity contribution < 1.29 is 9.53 Å². The Morgan fingerprint density at radius 1 is 1.12 bits per heavy atom. The maximum atomic E-state index is 13.5. The Labute approximate surface area is 185 Å². The predicted molar refractivity (Wildman–Crippen MR) is 118 cm³/mol. The van der Waals surface area contributed by atoms with Gasteiger partial charge in [0.1, 0.15) is 6.10 Å². The highest BCUT2D eigenvalue weighted by atomic mass is 16.5. The molecule has 164 valence electrons. The number of nitrogens with zero attached hydrogens (tertiary/aromatic N) is 7. The topological polar surface area (TPSA) is 90.4 Å². The molecule has 4 aromatic rings. The van der Waals surface area contributed by atoms with Gasteiger partial charge in [0, 0.05) is 30.3 Å². The summed E-state index contributed by atoms with van der Waals surface area (Å²) in [6.07, 6.45) is 11.1. The van der Waals surface area contributed by atoms with E-state index in [4.69, 9.17) is 4.74 Å². The summed E-state index contributed by atoms with van der Waals surface area (Å²) in [6.45, 7) is 4.64. The van der Waals surface area contributed by atoms with Gasteiger partial charge in [-0.3, -0.25) is 9.20 Å². The molecule has 1 amide bonds. The molecule has 3 aromatic heterocycles. The molecule has 0 radical (unpaired) electrons. The number of fused-ring (bicyclic) bond motifs is 1. The van der Waals surface area contributed by atoms with Crippen LogP contribution in [-0.4, -0.2) is 58.9 Å². The molecular formula is C23H25N7O2. The van der Waals surface area contributed by atoms with Crippen LogP contribution in [0.25, 0.3) is 11.3 Å². The van der Waals surface area contributed by atoms with Crippen LogP contribution in [0.1, 0.15) is 42.7 Å². The molecule has 1 aliphatic rings. The van der Waals surface area contributed by atoms with Crippen LogP contribution >= 0.6 is 0 Å². The molecule has 1 saturated heterocycles. The molecule has 9 nitrogen and oxygen atoms in total. The number of amides is 1. The standard InChI is InChI=1S/C23H25N7O2/c1-3-17-14-25-21-22(24-12-13-28(17)21)32-18-9-8-16(2)29(15-18)23(31)19-6-4-5-7-20(19)30-26-10-11-27-30/h4-7,10-14,16,18H,3,8-9,15H2,1-2H3/t16-,18-/m1/s1. The Bertz CT molecular complexity index is 1230. The SMILES string of the molecule is CCc1cnc2c(O[C@@H]3CC[C@@H](C)N(C(=O)c4ccccc4-n4nccn4)C3)nccn12. The number of hydrogen-bond acceptors (Lipinski definition) is 6. The van der Waals surface area contributed by atoms with Gasteiger partial charge >= 0.3 is 0 Å². The van der Waals surface area contributed by atoms with Crippen molar-refractivity contribution >= 4 is 11.6 Å². The van der Waals surface area contributed by atoms with Crippen LogP contribution in [0, 0.1) is 0 Å². The number of carbonyl (C=O) groups excluding carboxylic acids is 1. The van der Waals surface area contributed by atoms with Crippen LogP contribution in [0.3, 0.4) is 0 Å². The van der Waals surface area contributed by atoms with Crippen LogP contribution in [0.15, 0.2) is 55.2 Å². The molecule has 0 N–H and O–H groups in total. The van der Waals surface area contributed by atoms with Gasteiger partial charge in [-0.25, -0.2) is 9.97 Å². The first-order valence-corrected chi connectivity index (χ1v) is 10.9. The number of aromatic nitrogens is 6. The normalized spacial score (nSPS) is 18.8. The van der Waals surface area contributed by atoms with Gasteiger partial charge in [-0.15, -0.1) is 0 Å². The van der Waals surface area contributed by atoms with Crippen molar-refractivity contribution in [3.8, 4) is 11.6 Å². The van der Waals surface area contributed by atoms with E-state index in [-0.39, 0.29) is 18.1 Å². The van der Waals surface area contributed by atoms with E-state index in [0.717, 1.165) is 25.0 Å². The zero-order valence-corrected chi connectivity index (χ0v) is 18.1. The van der Waals surface area contributed by atoms with Crippen molar-refractivity contribution in [3.63, 3.8) is 0 Å². The fourth-order valence-corrected chi connectivity index (χ4v) is 4.23. The molecule has 0 unspecified atom stereocenters. The van der Waals surface area contributed by atoms with E-state index < -0.39 is 0 Å². The third-order valence-corrected chi connectivity index (χ3v) is 5.98. The second-order valence-corrected chi connectivity index (χ2v) is 7.99. The minimum atomic E-state index is -0.161. The predicted octanol–water partition coefficient (Wildman–Crippen LogP) is 2.94. The van der Waals surface area contributed by atoms with Crippen LogP contribution in [-0.2, 0) is 6.42 Å². The van der Waals surface area contributed by atoms with Gasteiger partial charge in [-0.2, -0.15) is 15.0 Å². The third kappa shape index (κ3) is 3.59. The van der Waals surface area contributed by atoms with E-state index in [0.29, 0.717) is 29.3 Å². The molecule has 2 atom stereocenters. The first-order valence-electron chi connectivity index (χ1n) is 10.9. The van der Waals surface area contributed by atoms with Gasteiger partial charge in [0.05, 0.1) is 30.2 Å². The van der Waals surface area contributed by atoms with Gasteiger partial charge in [-0.1, -0.05) is 19.1 Å². The van der Waals surface area contributed by atoms with E-state index in [1.165, 1.54) is 4.80 Å². The molecule has 9 heteroatoms. The Morgan fingerprint density at radius 3 is 2.75 bits per heavy atom. The van der Waals surface area contributed by atoms with Crippen molar-refractivity contribution in [2.45, 2.75) is 45.3 Å². The number of likely N-dealkylation sites (tertiary alicyclic amines) is 1. The van der Waals surface area contributed by atoms with Gasteiger partial charge in [0.25, 0.3) is 11.8 Å². The van der Waals surface area contributed by atoms with Gasteiger partial charge in [0.15, 0.2) is 0 Å². The average molecular weight is 432 g/mol. The Morgan fingerprint density at radius 2 is 1.94 bits per heavy atom. The molecule has 0 spiro atoms. The molecule has 5 rings (SSSR count). The number of para-hydroxylation sites is 1. The monoisotopic (exact) mass is 431 g/mol. The van der Waals surface area contributed by atoms with Crippen molar-refractivity contribution in [3.05, 3.63) is 66.5 Å². The lowest BCUT2D eigenvalue weighted by Crippen LogP contribution is -2.49. The summed E-state index contributed by atoms with van der Waals surface area (Å²) in [5, 5.41) is 8.39. The number of piperidine rings is 1. The zero-order chi connectivity index (χ0) is 22.1. The maximum absolute atomic E-state index is 13.5. The van der Waals surface area contributed by atoms with E-state index in [1.54, 1.807) is 18.6 Å². The summed E-state index contributed by atoms with van der Waals surface area (Å²) in [6, 6.07) is 7.50. The molecule has 4 heterocycles. The largest absolute Gasteiger partial charge is 0.470 e. The van der Waals surface area contributed by atoms with Gasteiger partial charge in [0.2, 0.25) is 5.65 Å². The van der Waals surface area contributed by atoms with Gasteiger partial charge < -0.3 is 9.64 Å². The molecule has 0 saturated carbocycles. The van der Waals surface area contributed by atoms with Crippen molar-refractivity contribution in [1.29, 1.82) is 0 Å². The van der Waals surface area contributed by atoms with Crippen LogP contribution < -0.4 is 4.74 Å². The fourth-order valence-electron chi connectivity index (χ4n) is 4.23. The smallest absolute Gasteiger partial charge is 0.258 e. The third-order valence-electron chi connectivity index (χ3n) is 5.98. The lowest BCUT2D eigenvalue weighted by Gasteiger charge is -2.38. The molecule has 0 aliphatic carbocycles. The van der Waals surface area contributed by atoms with E-state index in [9.17, 15) is 4.79 Å². The summed E-state index contributed by atoms with van der Waals surface area (Å²) in [5.74, 6) is 0.444. The van der Waals surface area contributed by atoms with Crippen LogP contribution in [0.4, 0.5) is 0 Å². The minimum absolute atomic E-state index is 0.0565. The molecule has 1 aliphatic heterocycles. The Hall–Kier alpha value is -3.75. The Kier molecular flexibility index (Phi) is 5.30. The highest BCUT2D eigenvalue weighted by molar-refractivity contribution is 5.98. The second-order valence-electron chi connectivity index (χ2n) is 7.99. The van der Waals surface area contributed by atoms with Gasteiger partial charge in [-0.05, 0) is 38.3 Å². The van der Waals surface area contributed by atoms with Crippen LogP contribution in [0.2, 0.25) is 0 Å². The van der Waals surface area contributed by atoms with Crippen LogP contribution in [0.5, 0.6) is 5.88 Å². The molecular weight excluding hydrogens is 406 g/mol. The van der Waals surface area contributed by atoms with E-state index in [1.807, 2.05) is 46.0 Å². The zero-order valence-electron chi connectivity index (χ0n) is 18.1. The van der Waals surface area contributed by atoms with E-state index in [2.05, 4.69) is 34.0 Å². The second kappa shape index (κ2) is 8.41. The first kappa shape index (κ1) is 20.2. The quantitative estimate of drug-likeness (QED) is 0.483. The average Bonchev–Trinajstić information content (AvgIpc) is 3.50. The van der Waals surface area contributed by atoms with Crippen molar-refractivity contribution in [2.75, 3.05) is 6.54 Å². The first-order chi connectivity index (χ1) is 15.7. The number of carbonyl (C=O) groups is 1. The van der Waals surface area contributed by atoms with Crippen molar-refractivity contribution in [1.82, 2.24) is 34.3 Å². The summed E-state index contributed by atoms with van der Waals surface area (Å²) in [4.78, 5) is 25.8.